The summed E-state index contributed by atoms with van der Waals surface area (Å²) in [6.07, 6.45) is 4.51. The van der Waals surface area contributed by atoms with Crippen LogP contribution in [0.3, 0.4) is 0 Å². The molecule has 0 spiro atoms. The minimum Gasteiger partial charge on any atom is -0.450 e. The molecule has 0 aromatic rings. The second-order valence-corrected chi connectivity index (χ2v) is 11.2. The molecule has 8 unspecified atom stereocenters. The fourth-order valence-corrected chi connectivity index (χ4v) is 8.12. The number of alkyl halides is 1. The summed E-state index contributed by atoms with van der Waals surface area (Å²) in [4.78, 5) is 38.2. The predicted molar refractivity (Wildman–Crippen MR) is 123 cm³/mol. The van der Waals surface area contributed by atoms with E-state index in [1.165, 1.54) is 12.2 Å². The number of allylic oxidation sites excluding steroid dienone is 4. The first-order valence-electron chi connectivity index (χ1n) is 12.6. The number of halogens is 1. The second-order valence-electron chi connectivity index (χ2n) is 11.2. The van der Waals surface area contributed by atoms with Crippen LogP contribution in [0.4, 0.5) is 4.39 Å². The van der Waals surface area contributed by atoms with Gasteiger partial charge in [-0.1, -0.05) is 38.3 Å². The van der Waals surface area contributed by atoms with Crippen molar-refractivity contribution in [3.8, 4) is 0 Å². The van der Waals surface area contributed by atoms with E-state index >= 15 is 4.39 Å². The summed E-state index contributed by atoms with van der Waals surface area (Å²) < 4.78 is 23.1. The van der Waals surface area contributed by atoms with Crippen LogP contribution in [-0.2, 0) is 19.1 Å². The average Bonchev–Trinajstić information content (AvgIpc) is 2.98. The first-order chi connectivity index (χ1) is 16.0. The minimum atomic E-state index is -1.97. The molecule has 188 valence electrons. The Morgan fingerprint density at radius 3 is 2.62 bits per heavy atom. The molecule has 0 aromatic heterocycles. The summed E-state index contributed by atoms with van der Waals surface area (Å²) in [5, 5.41) is 21.3. The Morgan fingerprint density at radius 1 is 1.26 bits per heavy atom. The maximum Gasteiger partial charge on any atom is 0.306 e. The van der Waals surface area contributed by atoms with E-state index in [2.05, 4.69) is 0 Å². The summed E-state index contributed by atoms with van der Waals surface area (Å²) in [5.74, 6) is -3.21. The highest BCUT2D eigenvalue weighted by Crippen LogP contribution is 2.69. The first kappa shape index (κ1) is 25.2. The van der Waals surface area contributed by atoms with Gasteiger partial charge in [0.25, 0.3) is 0 Å². The Balaban J connectivity index is 1.78. The molecule has 6 nitrogen and oxygen atoms in total. The molecule has 4 aliphatic rings. The van der Waals surface area contributed by atoms with E-state index in [4.69, 9.17) is 4.74 Å². The molecule has 0 saturated heterocycles. The van der Waals surface area contributed by atoms with Gasteiger partial charge in [0.05, 0.1) is 6.10 Å². The Labute approximate surface area is 200 Å². The number of ketones is 2. The molecule has 3 saturated carbocycles. The molecule has 8 atom stereocenters. The smallest absolute Gasteiger partial charge is 0.306 e. The highest BCUT2D eigenvalue weighted by molar-refractivity contribution is 6.01. The van der Waals surface area contributed by atoms with Crippen LogP contribution in [0.2, 0.25) is 0 Å². The van der Waals surface area contributed by atoms with Gasteiger partial charge in [0.2, 0.25) is 5.78 Å². The first-order valence-corrected chi connectivity index (χ1v) is 12.6. The van der Waals surface area contributed by atoms with Gasteiger partial charge in [0.15, 0.2) is 11.4 Å². The fraction of sp³-hybridized carbons (Fsp3) is 0.741. The van der Waals surface area contributed by atoms with Gasteiger partial charge >= 0.3 is 5.97 Å². The third-order valence-corrected chi connectivity index (χ3v) is 9.43. The standard InChI is InChI=1S/C27H37FO6/c1-5-6-7-23(33)34-27(22(32)14-29)16(3)11-20-19-9-8-17-12-18(30)10-15(2)24(17)26(19,28)21(31)13-25(20,27)4/h10,12,16,19-21,24,29,31H,5-9,11,13-14H2,1-4H3. The number of carbonyl (C=O) groups is 3. The molecular weight excluding hydrogens is 439 g/mol. The molecule has 3 fully saturated rings. The lowest BCUT2D eigenvalue weighted by atomic mass is 9.47. The van der Waals surface area contributed by atoms with Crippen LogP contribution in [-0.4, -0.2) is 51.7 Å². The van der Waals surface area contributed by atoms with Gasteiger partial charge < -0.3 is 14.9 Å². The molecule has 0 aromatic carbocycles. The van der Waals surface area contributed by atoms with E-state index in [9.17, 15) is 24.6 Å². The second kappa shape index (κ2) is 8.66. The van der Waals surface area contributed by atoms with Crippen molar-refractivity contribution < 1.29 is 33.7 Å². The van der Waals surface area contributed by atoms with Gasteiger partial charge in [0.1, 0.15) is 12.3 Å². The van der Waals surface area contributed by atoms with Gasteiger partial charge in [-0.25, -0.2) is 4.39 Å². The number of carbonyl (C=O) groups excluding carboxylic acids is 3. The molecule has 0 aliphatic heterocycles. The van der Waals surface area contributed by atoms with Gasteiger partial charge in [-0.3, -0.25) is 14.4 Å². The van der Waals surface area contributed by atoms with E-state index in [0.29, 0.717) is 31.3 Å². The van der Waals surface area contributed by atoms with Crippen LogP contribution >= 0.6 is 0 Å². The molecule has 4 rings (SSSR count). The lowest BCUT2D eigenvalue weighted by Crippen LogP contribution is -2.68. The highest BCUT2D eigenvalue weighted by atomic mass is 19.1. The SMILES string of the molecule is CCCCC(=O)OC1(C(=O)CO)C(C)CC2C3CCC4=CC(=O)C=C(C)C4C3(F)C(O)CC21C. The number of aliphatic hydroxyl groups is 2. The van der Waals surface area contributed by atoms with Crippen molar-refractivity contribution in [3.05, 3.63) is 23.3 Å². The van der Waals surface area contributed by atoms with E-state index in [1.54, 1.807) is 6.92 Å². The molecular formula is C27H37FO6. The van der Waals surface area contributed by atoms with E-state index in [1.807, 2.05) is 20.8 Å². The predicted octanol–water partition coefficient (Wildman–Crippen LogP) is 3.64. The van der Waals surface area contributed by atoms with Crippen molar-refractivity contribution >= 4 is 17.5 Å². The van der Waals surface area contributed by atoms with Crippen LogP contribution in [0.5, 0.6) is 0 Å². The minimum absolute atomic E-state index is 0.0627. The fourth-order valence-electron chi connectivity index (χ4n) is 8.12. The zero-order valence-corrected chi connectivity index (χ0v) is 20.6. The monoisotopic (exact) mass is 476 g/mol. The Hall–Kier alpha value is -1.86. The van der Waals surface area contributed by atoms with E-state index in [-0.39, 0.29) is 24.5 Å². The van der Waals surface area contributed by atoms with Crippen molar-refractivity contribution in [2.24, 2.45) is 29.1 Å². The van der Waals surface area contributed by atoms with Gasteiger partial charge in [-0.15, -0.1) is 0 Å². The third kappa shape index (κ3) is 3.29. The number of fused-ring (bicyclic) bond motifs is 5. The van der Waals surface area contributed by atoms with Crippen molar-refractivity contribution in [2.45, 2.75) is 90.0 Å². The van der Waals surface area contributed by atoms with Crippen LogP contribution in [0.25, 0.3) is 0 Å². The summed E-state index contributed by atoms with van der Waals surface area (Å²) in [5.41, 5.74) is -3.26. The topological polar surface area (TPSA) is 101 Å². The van der Waals surface area contributed by atoms with Crippen molar-refractivity contribution in [1.29, 1.82) is 0 Å². The van der Waals surface area contributed by atoms with E-state index < -0.39 is 58.9 Å². The van der Waals surface area contributed by atoms with Crippen LogP contribution in [0, 0.1) is 29.1 Å². The molecule has 4 aliphatic carbocycles. The molecule has 0 bridgehead atoms. The third-order valence-electron chi connectivity index (χ3n) is 9.43. The summed E-state index contributed by atoms with van der Waals surface area (Å²) >= 11 is 0. The molecule has 0 heterocycles. The summed E-state index contributed by atoms with van der Waals surface area (Å²) in [6.45, 7) is 6.57. The number of hydrogen-bond acceptors (Lipinski definition) is 6. The molecule has 0 radical (unpaired) electrons. The molecule has 7 heteroatoms. The zero-order chi connectivity index (χ0) is 25.1. The molecule has 34 heavy (non-hydrogen) atoms. The van der Waals surface area contributed by atoms with Crippen molar-refractivity contribution in [2.75, 3.05) is 6.61 Å². The number of ether oxygens (including phenoxy) is 1. The van der Waals surface area contributed by atoms with Crippen molar-refractivity contribution in [1.82, 2.24) is 0 Å². The summed E-state index contributed by atoms with van der Waals surface area (Å²) in [7, 11) is 0. The van der Waals surface area contributed by atoms with Crippen LogP contribution < -0.4 is 0 Å². The number of Topliss-reactive ketones (excluding diaryl/α,β-unsaturated/α-hetero) is 1. The number of esters is 1. The molecule has 0 amide bonds. The largest absolute Gasteiger partial charge is 0.450 e. The Bertz CT molecular complexity index is 955. The lowest BCUT2D eigenvalue weighted by molar-refractivity contribution is -0.219. The van der Waals surface area contributed by atoms with E-state index in [0.717, 1.165) is 12.0 Å². The number of rotatable bonds is 6. The van der Waals surface area contributed by atoms with Crippen molar-refractivity contribution in [3.63, 3.8) is 0 Å². The maximum atomic E-state index is 17.1. The highest BCUT2D eigenvalue weighted by Gasteiger charge is 2.75. The zero-order valence-electron chi connectivity index (χ0n) is 20.6. The normalized spacial score (nSPS) is 43.3. The summed E-state index contributed by atoms with van der Waals surface area (Å²) in [6, 6.07) is 0. The number of aliphatic hydroxyl groups excluding tert-OH is 2. The number of unbranched alkanes of at least 4 members (excludes halogenated alkanes) is 1. The van der Waals surface area contributed by atoms with Crippen LogP contribution in [0.1, 0.15) is 72.6 Å². The van der Waals surface area contributed by atoms with Crippen LogP contribution in [0.15, 0.2) is 23.3 Å². The molecule has 2 N–H and O–H groups in total. The van der Waals surface area contributed by atoms with Gasteiger partial charge in [-0.05, 0) is 57.1 Å². The Morgan fingerprint density at radius 2 is 1.97 bits per heavy atom. The maximum absolute atomic E-state index is 17.1. The van der Waals surface area contributed by atoms with Gasteiger partial charge in [-0.2, -0.15) is 0 Å². The Kier molecular flexibility index (Phi) is 6.43. The van der Waals surface area contributed by atoms with Gasteiger partial charge in [0, 0.05) is 29.6 Å². The average molecular weight is 477 g/mol. The lowest BCUT2D eigenvalue weighted by Gasteiger charge is -2.60. The number of hydrogen-bond donors (Lipinski definition) is 2. The quantitative estimate of drug-likeness (QED) is 0.568.